The van der Waals surface area contributed by atoms with Gasteiger partial charge in [-0.25, -0.2) is 0 Å². The lowest BCUT2D eigenvalue weighted by molar-refractivity contribution is 0.0758. The van der Waals surface area contributed by atoms with Crippen LogP contribution in [0.15, 0.2) is 12.1 Å². The molecule has 0 unspecified atom stereocenters. The normalized spacial score (nSPS) is 21.1. The Morgan fingerprint density at radius 2 is 1.68 bits per heavy atom. The van der Waals surface area contributed by atoms with E-state index < -0.39 is 0 Å². The van der Waals surface area contributed by atoms with Gasteiger partial charge >= 0.3 is 0 Å². The van der Waals surface area contributed by atoms with Gasteiger partial charge in [0.2, 0.25) is 0 Å². The highest BCUT2D eigenvalue weighted by atomic mass is 16.2. The lowest BCUT2D eigenvalue weighted by Gasteiger charge is -2.27. The Morgan fingerprint density at radius 3 is 2.36 bits per heavy atom. The van der Waals surface area contributed by atoms with E-state index in [9.17, 15) is 4.79 Å². The Kier molecular flexibility index (Phi) is 4.77. The van der Waals surface area contributed by atoms with Gasteiger partial charge < -0.3 is 4.90 Å². The summed E-state index contributed by atoms with van der Waals surface area (Å²) in [6, 6.07) is 4.59. The molecule has 0 aromatic carbocycles. The van der Waals surface area contributed by atoms with Crippen molar-refractivity contribution in [2.75, 3.05) is 26.2 Å². The van der Waals surface area contributed by atoms with Gasteiger partial charge in [-0.15, -0.1) is 0 Å². The van der Waals surface area contributed by atoms with Crippen molar-refractivity contribution in [3.8, 4) is 0 Å². The van der Waals surface area contributed by atoms with E-state index in [-0.39, 0.29) is 5.91 Å². The Labute approximate surface area is 133 Å². The van der Waals surface area contributed by atoms with E-state index in [0.29, 0.717) is 0 Å². The van der Waals surface area contributed by atoms with Crippen molar-refractivity contribution in [2.24, 2.45) is 0 Å². The molecule has 2 aliphatic rings. The van der Waals surface area contributed by atoms with Gasteiger partial charge in [0.25, 0.3) is 5.91 Å². The highest BCUT2D eigenvalue weighted by molar-refractivity contribution is 5.94. The molecule has 3 rings (SSSR count). The van der Waals surface area contributed by atoms with Gasteiger partial charge in [-0.1, -0.05) is 12.8 Å². The third-order valence-corrected chi connectivity index (χ3v) is 4.99. The predicted molar refractivity (Wildman–Crippen MR) is 88.1 cm³/mol. The lowest BCUT2D eigenvalue weighted by Crippen LogP contribution is -2.38. The van der Waals surface area contributed by atoms with E-state index >= 15 is 0 Å². The molecule has 0 atom stereocenters. The molecule has 1 saturated carbocycles. The van der Waals surface area contributed by atoms with E-state index in [0.717, 1.165) is 55.6 Å². The molecule has 2 fully saturated rings. The molecule has 1 aromatic rings. The van der Waals surface area contributed by atoms with E-state index in [1.807, 2.05) is 30.9 Å². The van der Waals surface area contributed by atoms with Crippen LogP contribution in [0.3, 0.4) is 0 Å². The largest absolute Gasteiger partial charge is 0.337 e. The third kappa shape index (κ3) is 3.49. The molecule has 0 spiro atoms. The van der Waals surface area contributed by atoms with E-state index in [4.69, 9.17) is 0 Å². The Morgan fingerprint density at radius 1 is 1.00 bits per heavy atom. The fourth-order valence-electron chi connectivity index (χ4n) is 3.92. The lowest BCUT2D eigenvalue weighted by atomic mass is 10.1. The molecule has 0 radical (unpaired) electrons. The summed E-state index contributed by atoms with van der Waals surface area (Å²) in [5, 5.41) is 0. The van der Waals surface area contributed by atoms with Crippen molar-refractivity contribution in [3.63, 3.8) is 0 Å². The quantitative estimate of drug-likeness (QED) is 0.843. The Hall–Kier alpha value is -1.42. The maximum Gasteiger partial charge on any atom is 0.254 e. The van der Waals surface area contributed by atoms with Crippen molar-refractivity contribution in [1.82, 2.24) is 14.8 Å². The molecule has 1 aliphatic carbocycles. The number of rotatable bonds is 2. The average molecular weight is 301 g/mol. The molecule has 1 aliphatic heterocycles. The fourth-order valence-corrected chi connectivity index (χ4v) is 3.92. The van der Waals surface area contributed by atoms with Crippen molar-refractivity contribution >= 4 is 5.91 Å². The number of aromatic nitrogens is 1. The van der Waals surface area contributed by atoms with Crippen LogP contribution < -0.4 is 0 Å². The standard InChI is InChI=1S/C18H27N3O/c1-14-12-16(13-15(2)19-14)18(22)21-9-5-8-20(10-11-21)17-6-3-4-7-17/h12-13,17H,3-11H2,1-2H3. The highest BCUT2D eigenvalue weighted by Crippen LogP contribution is 2.24. The minimum absolute atomic E-state index is 0.168. The second kappa shape index (κ2) is 6.78. The molecule has 22 heavy (non-hydrogen) atoms. The minimum Gasteiger partial charge on any atom is -0.337 e. The second-order valence-electron chi connectivity index (χ2n) is 6.76. The first-order valence-electron chi connectivity index (χ1n) is 8.62. The number of carbonyl (C=O) groups is 1. The summed E-state index contributed by atoms with van der Waals surface area (Å²) in [4.78, 5) is 21.8. The first-order valence-corrected chi connectivity index (χ1v) is 8.62. The summed E-state index contributed by atoms with van der Waals surface area (Å²) >= 11 is 0. The van der Waals surface area contributed by atoms with Crippen molar-refractivity contribution in [1.29, 1.82) is 0 Å². The molecule has 2 heterocycles. The van der Waals surface area contributed by atoms with Crippen LogP contribution in [0.25, 0.3) is 0 Å². The number of nitrogens with zero attached hydrogens (tertiary/aromatic N) is 3. The van der Waals surface area contributed by atoms with Gasteiger partial charge in [-0.05, 0) is 45.2 Å². The number of carbonyl (C=O) groups excluding carboxylic acids is 1. The molecule has 0 bridgehead atoms. The van der Waals surface area contributed by atoms with Gasteiger partial charge in [0.15, 0.2) is 0 Å². The maximum absolute atomic E-state index is 12.8. The topological polar surface area (TPSA) is 36.4 Å². The summed E-state index contributed by atoms with van der Waals surface area (Å²) in [5.74, 6) is 0.168. The molecule has 0 N–H and O–H groups in total. The van der Waals surface area contributed by atoms with E-state index in [2.05, 4.69) is 9.88 Å². The monoisotopic (exact) mass is 301 g/mol. The zero-order valence-corrected chi connectivity index (χ0v) is 13.8. The smallest absolute Gasteiger partial charge is 0.254 e. The number of pyridine rings is 1. The first-order chi connectivity index (χ1) is 10.6. The maximum atomic E-state index is 12.8. The third-order valence-electron chi connectivity index (χ3n) is 4.99. The summed E-state index contributed by atoms with van der Waals surface area (Å²) in [7, 11) is 0. The van der Waals surface area contributed by atoms with Crippen molar-refractivity contribution < 1.29 is 4.79 Å². The Bertz CT molecular complexity index is 517. The molecule has 120 valence electrons. The van der Waals surface area contributed by atoms with Gasteiger partial charge in [-0.2, -0.15) is 0 Å². The van der Waals surface area contributed by atoms with Crippen LogP contribution in [-0.2, 0) is 0 Å². The second-order valence-corrected chi connectivity index (χ2v) is 6.76. The summed E-state index contributed by atoms with van der Waals surface area (Å²) in [6.07, 6.45) is 6.53. The van der Waals surface area contributed by atoms with Crippen LogP contribution in [0.2, 0.25) is 0 Å². The van der Waals surface area contributed by atoms with E-state index in [1.165, 1.54) is 25.7 Å². The number of amides is 1. The summed E-state index contributed by atoms with van der Waals surface area (Å²) < 4.78 is 0. The highest BCUT2D eigenvalue weighted by Gasteiger charge is 2.26. The average Bonchev–Trinajstić information content (AvgIpc) is 2.90. The van der Waals surface area contributed by atoms with Gasteiger partial charge in [-0.3, -0.25) is 14.7 Å². The molecule has 4 heteroatoms. The van der Waals surface area contributed by atoms with Crippen molar-refractivity contribution in [3.05, 3.63) is 29.1 Å². The number of hydrogen-bond acceptors (Lipinski definition) is 3. The molecule has 1 saturated heterocycles. The van der Waals surface area contributed by atoms with Gasteiger partial charge in [0.05, 0.1) is 0 Å². The molecule has 1 aromatic heterocycles. The van der Waals surface area contributed by atoms with E-state index in [1.54, 1.807) is 0 Å². The predicted octanol–water partition coefficient (Wildman–Crippen LogP) is 2.79. The zero-order valence-electron chi connectivity index (χ0n) is 13.8. The molecular weight excluding hydrogens is 274 g/mol. The minimum atomic E-state index is 0.168. The van der Waals surface area contributed by atoms with Gasteiger partial charge in [0, 0.05) is 49.2 Å². The van der Waals surface area contributed by atoms with Crippen molar-refractivity contribution in [2.45, 2.75) is 52.0 Å². The number of hydrogen-bond donors (Lipinski definition) is 0. The Balaban J connectivity index is 1.66. The van der Waals surface area contributed by atoms with Crippen LogP contribution in [-0.4, -0.2) is 52.9 Å². The van der Waals surface area contributed by atoms with Crippen LogP contribution in [0.4, 0.5) is 0 Å². The van der Waals surface area contributed by atoms with Crippen LogP contribution in [0.5, 0.6) is 0 Å². The molecular formula is C18H27N3O. The summed E-state index contributed by atoms with van der Waals surface area (Å²) in [5.41, 5.74) is 2.64. The van der Waals surface area contributed by atoms with Crippen LogP contribution in [0.1, 0.15) is 53.8 Å². The molecule has 1 amide bonds. The van der Waals surface area contributed by atoms with Crippen LogP contribution in [0, 0.1) is 13.8 Å². The SMILES string of the molecule is Cc1cc(C(=O)N2CCCN(C3CCCC3)CC2)cc(C)n1. The number of aryl methyl sites for hydroxylation is 2. The van der Waals surface area contributed by atoms with Crippen LogP contribution >= 0.6 is 0 Å². The fraction of sp³-hybridized carbons (Fsp3) is 0.667. The summed E-state index contributed by atoms with van der Waals surface area (Å²) in [6.45, 7) is 7.81. The molecule has 4 nitrogen and oxygen atoms in total. The van der Waals surface area contributed by atoms with Gasteiger partial charge in [0.1, 0.15) is 0 Å². The first kappa shape index (κ1) is 15.5. The zero-order chi connectivity index (χ0) is 15.5.